The predicted octanol–water partition coefficient (Wildman–Crippen LogP) is 3.29. The molecule has 0 aliphatic carbocycles. The van der Waals surface area contributed by atoms with Gasteiger partial charge in [0.05, 0.1) is 5.56 Å². The van der Waals surface area contributed by atoms with Gasteiger partial charge < -0.3 is 26.9 Å². The minimum Gasteiger partial charge on any atom is -0.778 e. The molecule has 4 nitrogen and oxygen atoms in total. The van der Waals surface area contributed by atoms with Crippen LogP contribution in [0, 0.1) is 0 Å². The molecule has 1 radical (unpaired) electrons. The van der Waals surface area contributed by atoms with Gasteiger partial charge in [0, 0.05) is 44.3 Å². The van der Waals surface area contributed by atoms with E-state index in [9.17, 15) is 4.79 Å². The number of benzene rings is 1. The number of ether oxygens (including phenoxy) is 2. The van der Waals surface area contributed by atoms with Crippen LogP contribution in [0.15, 0.2) is 23.1 Å². The van der Waals surface area contributed by atoms with Crippen LogP contribution in [0.5, 0.6) is 0 Å². The number of esters is 1. The molecule has 0 atom stereocenters. The second-order valence-corrected chi connectivity index (χ2v) is 5.51. The molecule has 115 valence electrons. The van der Waals surface area contributed by atoms with Gasteiger partial charge in [-0.1, -0.05) is 24.1 Å². The molecule has 1 rings (SSSR count). The fourth-order valence-corrected chi connectivity index (χ4v) is 1.33. The van der Waals surface area contributed by atoms with E-state index in [0.29, 0.717) is 22.1 Å². The first kappa shape index (κ1) is 23.0. The molecule has 0 aliphatic rings. The van der Waals surface area contributed by atoms with Gasteiger partial charge in [-0.05, 0) is 39.8 Å². The summed E-state index contributed by atoms with van der Waals surface area (Å²) in [6, 6.07) is 4.76. The Morgan fingerprint density at radius 3 is 2.29 bits per heavy atom. The van der Waals surface area contributed by atoms with Crippen molar-refractivity contribution in [2.75, 3.05) is 6.61 Å². The molecule has 0 amide bonds. The maximum Gasteiger partial charge on any atom is 0.338 e. The van der Waals surface area contributed by atoms with E-state index < -0.39 is 5.60 Å². The predicted molar refractivity (Wildman–Crippen MR) is 79.6 cm³/mol. The van der Waals surface area contributed by atoms with Crippen LogP contribution in [-0.2, 0) is 59.6 Å². The van der Waals surface area contributed by atoms with Gasteiger partial charge in [-0.15, -0.1) is 0 Å². The topological polar surface area (TPSA) is 52.6 Å². The first-order valence-corrected chi connectivity index (χ1v) is 6.68. The molecular formula is C14H17ClO4SY-2. The second kappa shape index (κ2) is 11.4. The number of hydrogen-bond donors (Lipinski definition) is 0. The van der Waals surface area contributed by atoms with E-state index in [0.717, 1.165) is 0 Å². The molecule has 0 aromatic heterocycles. The summed E-state index contributed by atoms with van der Waals surface area (Å²) in [5.74, 6) is -0.389. The number of rotatable bonds is 3. The van der Waals surface area contributed by atoms with Crippen LogP contribution in [0.2, 0.25) is 5.02 Å². The third-order valence-corrected chi connectivity index (χ3v) is 2.55. The Hall–Kier alpha value is -0.226. The SMILES string of the molecule is CC(C)(C)OC(=O)c1ccc([S-])c(Cl)c1.CCO[C-]=O.[Y]. The summed E-state index contributed by atoms with van der Waals surface area (Å²) >= 11 is 10.7. The normalized spacial score (nSPS) is 9.57. The summed E-state index contributed by atoms with van der Waals surface area (Å²) in [6.07, 6.45) is 0. The van der Waals surface area contributed by atoms with Crippen molar-refractivity contribution in [2.45, 2.75) is 38.2 Å². The van der Waals surface area contributed by atoms with Crippen molar-refractivity contribution in [2.24, 2.45) is 0 Å². The van der Waals surface area contributed by atoms with Gasteiger partial charge in [0.25, 0.3) is 0 Å². The molecule has 0 N–H and O–H groups in total. The fourth-order valence-electron chi connectivity index (χ4n) is 1.02. The van der Waals surface area contributed by atoms with Crippen molar-refractivity contribution >= 4 is 36.7 Å². The Morgan fingerprint density at radius 2 is 1.95 bits per heavy atom. The van der Waals surface area contributed by atoms with E-state index in [4.69, 9.17) is 33.8 Å². The molecule has 0 bridgehead atoms. The Bertz CT molecular complexity index is 461. The summed E-state index contributed by atoms with van der Waals surface area (Å²) in [4.78, 5) is 21.2. The maximum atomic E-state index is 11.6. The third-order valence-electron chi connectivity index (χ3n) is 1.77. The van der Waals surface area contributed by atoms with Gasteiger partial charge in [-0.25, -0.2) is 4.79 Å². The van der Waals surface area contributed by atoms with Gasteiger partial charge in [0.1, 0.15) is 5.60 Å². The van der Waals surface area contributed by atoms with Crippen LogP contribution >= 0.6 is 11.6 Å². The van der Waals surface area contributed by atoms with Gasteiger partial charge >= 0.3 is 5.97 Å². The minimum absolute atomic E-state index is 0. The molecular weight excluding hydrogens is 389 g/mol. The van der Waals surface area contributed by atoms with Gasteiger partial charge in [0.2, 0.25) is 0 Å². The molecule has 0 saturated carbocycles. The van der Waals surface area contributed by atoms with Crippen LogP contribution in [0.25, 0.3) is 0 Å². The summed E-state index contributed by atoms with van der Waals surface area (Å²) in [7, 11) is 0. The standard InChI is InChI=1S/C11H13ClO2S.C3H5O2.Y/c1-11(2,3)14-10(13)7-4-5-9(15)8(12)6-7;1-2-5-3-4;/h4-6,15H,1-3H3;2H2,1H3;/q;-1;/p-1. The Kier molecular flexibility index (Phi) is 12.5. The Morgan fingerprint density at radius 1 is 1.38 bits per heavy atom. The van der Waals surface area contributed by atoms with E-state index in [2.05, 4.69) is 4.74 Å². The van der Waals surface area contributed by atoms with E-state index in [1.807, 2.05) is 20.8 Å². The summed E-state index contributed by atoms with van der Waals surface area (Å²) in [5, 5.41) is 0.397. The van der Waals surface area contributed by atoms with Gasteiger partial charge in [0.15, 0.2) is 0 Å². The number of halogens is 1. The fraction of sp³-hybridized carbons (Fsp3) is 0.429. The summed E-state index contributed by atoms with van der Waals surface area (Å²) in [5.41, 5.74) is -0.0838. The molecule has 0 aliphatic heterocycles. The van der Waals surface area contributed by atoms with Crippen molar-refractivity contribution in [3.05, 3.63) is 28.8 Å². The van der Waals surface area contributed by atoms with Gasteiger partial charge in [-0.2, -0.15) is 4.90 Å². The van der Waals surface area contributed by atoms with Crippen LogP contribution in [0.3, 0.4) is 0 Å². The molecule has 0 saturated heterocycles. The zero-order valence-electron chi connectivity index (χ0n) is 12.4. The van der Waals surface area contributed by atoms with Gasteiger partial charge in [-0.3, -0.25) is 0 Å². The van der Waals surface area contributed by atoms with E-state index >= 15 is 0 Å². The van der Waals surface area contributed by atoms with Crippen LogP contribution in [0.1, 0.15) is 38.1 Å². The van der Waals surface area contributed by atoms with Crippen LogP contribution in [0.4, 0.5) is 0 Å². The first-order chi connectivity index (χ1) is 9.21. The average molecular weight is 406 g/mol. The van der Waals surface area contributed by atoms with E-state index in [-0.39, 0.29) is 38.7 Å². The monoisotopic (exact) mass is 405 g/mol. The minimum atomic E-state index is -0.504. The maximum absolute atomic E-state index is 11.6. The van der Waals surface area contributed by atoms with Crippen LogP contribution in [-0.4, -0.2) is 24.6 Å². The smallest absolute Gasteiger partial charge is 0.338 e. The quantitative estimate of drug-likeness (QED) is 0.439. The van der Waals surface area contributed by atoms with E-state index in [1.54, 1.807) is 19.1 Å². The van der Waals surface area contributed by atoms with Crippen molar-refractivity contribution in [3.8, 4) is 0 Å². The molecule has 1 aromatic rings. The van der Waals surface area contributed by atoms with Crippen molar-refractivity contribution < 1.29 is 51.8 Å². The molecule has 7 heteroatoms. The summed E-state index contributed by atoms with van der Waals surface area (Å²) < 4.78 is 9.21. The largest absolute Gasteiger partial charge is 0.778 e. The number of carbonyl (C=O) groups excluding carboxylic acids is 2. The van der Waals surface area contributed by atoms with Crippen molar-refractivity contribution in [1.29, 1.82) is 0 Å². The first-order valence-electron chi connectivity index (χ1n) is 5.90. The van der Waals surface area contributed by atoms with E-state index in [1.165, 1.54) is 12.5 Å². The zero-order valence-corrected chi connectivity index (χ0v) is 16.8. The Labute approximate surface area is 161 Å². The number of hydrogen-bond acceptors (Lipinski definition) is 5. The molecule has 0 heterocycles. The van der Waals surface area contributed by atoms with Crippen LogP contribution < -0.4 is 0 Å². The molecule has 1 aromatic carbocycles. The molecule has 0 unspecified atom stereocenters. The molecule has 21 heavy (non-hydrogen) atoms. The molecule has 0 spiro atoms. The summed E-state index contributed by atoms with van der Waals surface area (Å²) in [6.45, 7) is 8.85. The average Bonchev–Trinajstić information content (AvgIpc) is 2.32. The third kappa shape index (κ3) is 11.1. The molecule has 0 fully saturated rings. The second-order valence-electron chi connectivity index (χ2n) is 4.66. The van der Waals surface area contributed by atoms with Crippen molar-refractivity contribution in [1.82, 2.24) is 0 Å². The zero-order chi connectivity index (χ0) is 15.8. The number of carbonyl (C=O) groups is 1. The van der Waals surface area contributed by atoms with Crippen molar-refractivity contribution in [3.63, 3.8) is 0 Å². The Balaban J connectivity index is 0.